The molecule has 0 bridgehead atoms. The van der Waals surface area contributed by atoms with Crippen LogP contribution in [0.25, 0.3) is 0 Å². The second kappa shape index (κ2) is 8.49. The summed E-state index contributed by atoms with van der Waals surface area (Å²) >= 11 is 1.41. The van der Waals surface area contributed by atoms with Crippen molar-refractivity contribution in [2.24, 2.45) is 0 Å². The summed E-state index contributed by atoms with van der Waals surface area (Å²) in [6.45, 7) is 1.52. The predicted octanol–water partition coefficient (Wildman–Crippen LogP) is 3.01. The Hall–Kier alpha value is -3.46. The van der Waals surface area contributed by atoms with Crippen molar-refractivity contribution < 1.29 is 18.9 Å². The number of hydrogen-bond donors (Lipinski definition) is 2. The number of aryl methyl sites for hydroxylation is 1. The van der Waals surface area contributed by atoms with Gasteiger partial charge in [0, 0.05) is 18.5 Å². The van der Waals surface area contributed by atoms with Crippen LogP contribution in [0.15, 0.2) is 51.7 Å². The summed E-state index contributed by atoms with van der Waals surface area (Å²) < 4.78 is 4.89. The molecule has 2 N–H and O–H groups in total. The molecule has 3 aromatic rings. The molecule has 0 aliphatic rings. The number of carbonyl (C=O) groups is 3. The van der Waals surface area contributed by atoms with Gasteiger partial charge in [-0.2, -0.15) is 11.3 Å². The van der Waals surface area contributed by atoms with Crippen molar-refractivity contribution >= 4 is 40.6 Å². The highest BCUT2D eigenvalue weighted by molar-refractivity contribution is 7.08. The van der Waals surface area contributed by atoms with Crippen LogP contribution in [0.2, 0.25) is 0 Å². The SMILES string of the molecule is Cc1cc(NC(=O)CN(C)C(=O)c2ccccc2NC(=O)c2ccsc2)no1. The van der Waals surface area contributed by atoms with E-state index < -0.39 is 11.8 Å². The molecule has 0 radical (unpaired) electrons. The van der Waals surface area contributed by atoms with Crippen molar-refractivity contribution in [1.29, 1.82) is 0 Å². The van der Waals surface area contributed by atoms with Crippen LogP contribution in [-0.4, -0.2) is 41.4 Å². The molecule has 3 rings (SSSR count). The molecule has 28 heavy (non-hydrogen) atoms. The second-order valence-electron chi connectivity index (χ2n) is 6.04. The first-order valence-electron chi connectivity index (χ1n) is 8.35. The Kier molecular flexibility index (Phi) is 5.85. The van der Waals surface area contributed by atoms with Crippen LogP contribution in [0.5, 0.6) is 0 Å². The molecule has 144 valence electrons. The van der Waals surface area contributed by atoms with E-state index in [0.717, 1.165) is 0 Å². The molecule has 0 unspecified atom stereocenters. The summed E-state index contributed by atoms with van der Waals surface area (Å²) in [5.41, 5.74) is 1.18. The summed E-state index contributed by atoms with van der Waals surface area (Å²) in [6, 6.07) is 9.94. The Balaban J connectivity index is 1.67. The lowest BCUT2D eigenvalue weighted by Gasteiger charge is -2.18. The second-order valence-corrected chi connectivity index (χ2v) is 6.82. The van der Waals surface area contributed by atoms with Gasteiger partial charge in [0.25, 0.3) is 11.8 Å². The average molecular weight is 398 g/mol. The maximum atomic E-state index is 12.8. The molecule has 1 aromatic carbocycles. The van der Waals surface area contributed by atoms with E-state index in [9.17, 15) is 14.4 Å². The van der Waals surface area contributed by atoms with Gasteiger partial charge in [0.1, 0.15) is 5.76 Å². The fourth-order valence-corrected chi connectivity index (χ4v) is 3.10. The van der Waals surface area contributed by atoms with Gasteiger partial charge in [0.2, 0.25) is 5.91 Å². The highest BCUT2D eigenvalue weighted by Crippen LogP contribution is 2.19. The molecule has 3 amide bonds. The number of thiophene rings is 1. The van der Waals surface area contributed by atoms with Crippen LogP contribution in [0.4, 0.5) is 11.5 Å². The molecule has 0 fully saturated rings. The third-order valence-corrected chi connectivity index (χ3v) is 4.50. The van der Waals surface area contributed by atoms with Crippen LogP contribution in [0, 0.1) is 6.92 Å². The van der Waals surface area contributed by atoms with Crippen LogP contribution in [0.3, 0.4) is 0 Å². The number of aromatic nitrogens is 1. The summed E-state index contributed by atoms with van der Waals surface area (Å²) in [4.78, 5) is 38.5. The molecule has 0 saturated carbocycles. The number of hydrogen-bond acceptors (Lipinski definition) is 6. The lowest BCUT2D eigenvalue weighted by molar-refractivity contribution is -0.116. The Morgan fingerprint density at radius 3 is 2.64 bits per heavy atom. The Morgan fingerprint density at radius 2 is 1.96 bits per heavy atom. The minimum absolute atomic E-state index is 0.183. The average Bonchev–Trinajstić information content (AvgIpc) is 3.33. The van der Waals surface area contributed by atoms with Crippen LogP contribution < -0.4 is 10.6 Å². The van der Waals surface area contributed by atoms with E-state index in [4.69, 9.17) is 4.52 Å². The largest absolute Gasteiger partial charge is 0.360 e. The van der Waals surface area contributed by atoms with Crippen LogP contribution in [-0.2, 0) is 4.79 Å². The van der Waals surface area contributed by atoms with Gasteiger partial charge in [-0.25, -0.2) is 0 Å². The van der Waals surface area contributed by atoms with Gasteiger partial charge in [0.15, 0.2) is 5.82 Å². The van der Waals surface area contributed by atoms with Crippen LogP contribution in [0.1, 0.15) is 26.5 Å². The van der Waals surface area contributed by atoms with Gasteiger partial charge in [-0.1, -0.05) is 17.3 Å². The Labute approximate surface area is 165 Å². The number of benzene rings is 1. The summed E-state index contributed by atoms with van der Waals surface area (Å²) in [5, 5.41) is 12.5. The number of nitrogens with one attached hydrogen (secondary N) is 2. The maximum Gasteiger partial charge on any atom is 0.256 e. The molecule has 0 spiro atoms. The van der Waals surface area contributed by atoms with E-state index in [0.29, 0.717) is 22.6 Å². The lowest BCUT2D eigenvalue weighted by atomic mass is 10.1. The smallest absolute Gasteiger partial charge is 0.256 e. The zero-order chi connectivity index (χ0) is 20.1. The van der Waals surface area contributed by atoms with Crippen molar-refractivity contribution in [2.45, 2.75) is 6.92 Å². The summed E-state index contributed by atoms with van der Waals surface area (Å²) in [6.07, 6.45) is 0. The molecular formula is C19H18N4O4S. The summed E-state index contributed by atoms with van der Waals surface area (Å²) in [7, 11) is 1.51. The minimum atomic E-state index is -0.413. The number of nitrogens with zero attached hydrogens (tertiary/aromatic N) is 2. The van der Waals surface area contributed by atoms with Crippen molar-refractivity contribution in [3.8, 4) is 0 Å². The first-order chi connectivity index (χ1) is 13.4. The monoisotopic (exact) mass is 398 g/mol. The highest BCUT2D eigenvalue weighted by atomic mass is 32.1. The molecular weight excluding hydrogens is 380 g/mol. The number of likely N-dealkylation sites (N-methyl/N-ethyl adjacent to an activating group) is 1. The van der Waals surface area contributed by atoms with Crippen molar-refractivity contribution in [3.63, 3.8) is 0 Å². The first kappa shape index (κ1) is 19.3. The topological polar surface area (TPSA) is 105 Å². The van der Waals surface area contributed by atoms with Gasteiger partial charge in [0.05, 0.1) is 23.4 Å². The molecule has 8 nitrogen and oxygen atoms in total. The predicted molar refractivity (Wildman–Crippen MR) is 106 cm³/mol. The van der Waals surface area contributed by atoms with Gasteiger partial charge >= 0.3 is 0 Å². The standard InChI is InChI=1S/C19H18N4O4S/c1-12-9-16(22-27-12)21-17(24)10-23(2)19(26)14-5-3-4-6-15(14)20-18(25)13-7-8-28-11-13/h3-9,11H,10H2,1-2H3,(H,20,25)(H,21,22,24). The quantitative estimate of drug-likeness (QED) is 0.664. The molecule has 0 saturated heterocycles. The zero-order valence-electron chi connectivity index (χ0n) is 15.3. The van der Waals surface area contributed by atoms with Gasteiger partial charge in [-0.3, -0.25) is 14.4 Å². The molecule has 2 aromatic heterocycles. The fraction of sp³-hybridized carbons (Fsp3) is 0.158. The number of rotatable bonds is 6. The lowest BCUT2D eigenvalue weighted by Crippen LogP contribution is -2.35. The number of amides is 3. The Morgan fingerprint density at radius 1 is 1.18 bits per heavy atom. The van der Waals surface area contributed by atoms with Crippen LogP contribution >= 0.6 is 11.3 Å². The normalized spacial score (nSPS) is 10.4. The molecule has 0 aliphatic heterocycles. The van der Waals surface area contributed by atoms with E-state index in [1.165, 1.54) is 23.3 Å². The van der Waals surface area contributed by atoms with Gasteiger partial charge < -0.3 is 20.1 Å². The van der Waals surface area contributed by atoms with E-state index in [2.05, 4.69) is 15.8 Å². The molecule has 2 heterocycles. The molecule has 0 atom stereocenters. The first-order valence-corrected chi connectivity index (χ1v) is 9.29. The number of para-hydroxylation sites is 1. The number of carbonyl (C=O) groups excluding carboxylic acids is 3. The summed E-state index contributed by atoms with van der Waals surface area (Å²) in [5.74, 6) is -0.262. The van der Waals surface area contributed by atoms with Crippen molar-refractivity contribution in [3.05, 3.63) is 64.0 Å². The number of anilines is 2. The minimum Gasteiger partial charge on any atom is -0.360 e. The maximum absolute atomic E-state index is 12.8. The van der Waals surface area contributed by atoms with Crippen molar-refractivity contribution in [2.75, 3.05) is 24.2 Å². The molecule has 0 aliphatic carbocycles. The van der Waals surface area contributed by atoms with E-state index >= 15 is 0 Å². The third kappa shape index (κ3) is 4.63. The Bertz CT molecular complexity index is 997. The van der Waals surface area contributed by atoms with Crippen molar-refractivity contribution in [1.82, 2.24) is 10.1 Å². The van der Waals surface area contributed by atoms with E-state index in [-0.39, 0.29) is 18.3 Å². The highest BCUT2D eigenvalue weighted by Gasteiger charge is 2.20. The van der Waals surface area contributed by atoms with E-state index in [1.54, 1.807) is 54.1 Å². The third-order valence-electron chi connectivity index (χ3n) is 3.81. The van der Waals surface area contributed by atoms with E-state index in [1.807, 2.05) is 0 Å². The van der Waals surface area contributed by atoms with Gasteiger partial charge in [-0.05, 0) is 30.5 Å². The zero-order valence-corrected chi connectivity index (χ0v) is 16.1. The fourth-order valence-electron chi connectivity index (χ4n) is 2.47. The van der Waals surface area contributed by atoms with Gasteiger partial charge in [-0.15, -0.1) is 0 Å². The molecule has 9 heteroatoms.